The standard InChI is InChI=1S/C13H9ClN2O2/c1-16-10(5-6-15-16)12(17)11-7-8-3-2-4-9(14)13(8)18-11/h2-7H,1H3. The van der Waals surface area contributed by atoms with Crippen molar-refractivity contribution >= 4 is 28.4 Å². The molecule has 0 amide bonds. The summed E-state index contributed by atoms with van der Waals surface area (Å²) in [5.41, 5.74) is 1.01. The molecule has 0 bridgehead atoms. The molecule has 90 valence electrons. The summed E-state index contributed by atoms with van der Waals surface area (Å²) in [6.45, 7) is 0. The Labute approximate surface area is 108 Å². The second kappa shape index (κ2) is 3.99. The molecule has 1 aromatic carbocycles. The number of aryl methyl sites for hydroxylation is 1. The SMILES string of the molecule is Cn1nccc1C(=O)c1cc2cccc(Cl)c2o1. The zero-order valence-electron chi connectivity index (χ0n) is 9.55. The zero-order valence-corrected chi connectivity index (χ0v) is 10.3. The number of rotatable bonds is 2. The van der Waals surface area contributed by atoms with Crippen LogP contribution < -0.4 is 0 Å². The normalized spacial score (nSPS) is 11.0. The van der Waals surface area contributed by atoms with Crippen LogP contribution in [0.4, 0.5) is 0 Å². The largest absolute Gasteiger partial charge is 0.451 e. The minimum absolute atomic E-state index is 0.206. The van der Waals surface area contributed by atoms with Crippen LogP contribution in [0.1, 0.15) is 16.2 Å². The molecule has 0 aliphatic rings. The van der Waals surface area contributed by atoms with E-state index in [1.165, 1.54) is 4.68 Å². The van der Waals surface area contributed by atoms with Gasteiger partial charge in [0.25, 0.3) is 0 Å². The third-order valence-electron chi connectivity index (χ3n) is 2.77. The van der Waals surface area contributed by atoms with E-state index >= 15 is 0 Å². The van der Waals surface area contributed by atoms with Crippen LogP contribution in [0.2, 0.25) is 5.02 Å². The molecule has 0 atom stereocenters. The molecular formula is C13H9ClN2O2. The van der Waals surface area contributed by atoms with Gasteiger partial charge >= 0.3 is 0 Å². The fourth-order valence-corrected chi connectivity index (χ4v) is 2.08. The van der Waals surface area contributed by atoms with Crippen molar-refractivity contribution in [2.75, 3.05) is 0 Å². The Balaban J connectivity index is 2.13. The van der Waals surface area contributed by atoms with E-state index in [0.717, 1.165) is 5.39 Å². The lowest BCUT2D eigenvalue weighted by atomic mass is 10.2. The molecule has 0 spiro atoms. The van der Waals surface area contributed by atoms with Gasteiger partial charge in [-0.15, -0.1) is 0 Å². The Hall–Kier alpha value is -2.07. The number of furan rings is 1. The van der Waals surface area contributed by atoms with Crippen LogP contribution in [0.15, 0.2) is 40.9 Å². The Morgan fingerprint density at radius 3 is 2.89 bits per heavy atom. The molecule has 0 saturated carbocycles. The molecule has 5 heteroatoms. The Morgan fingerprint density at radius 2 is 2.22 bits per heavy atom. The summed E-state index contributed by atoms with van der Waals surface area (Å²) in [7, 11) is 1.71. The number of fused-ring (bicyclic) bond motifs is 1. The van der Waals surface area contributed by atoms with Crippen LogP contribution >= 0.6 is 11.6 Å². The first-order valence-electron chi connectivity index (χ1n) is 5.37. The van der Waals surface area contributed by atoms with Crippen molar-refractivity contribution in [3.05, 3.63) is 53.0 Å². The van der Waals surface area contributed by atoms with Crippen molar-refractivity contribution in [1.29, 1.82) is 0 Å². The summed E-state index contributed by atoms with van der Waals surface area (Å²) in [6, 6.07) is 8.74. The van der Waals surface area contributed by atoms with Gasteiger partial charge in [0.15, 0.2) is 11.3 Å². The first-order valence-corrected chi connectivity index (χ1v) is 5.75. The summed E-state index contributed by atoms with van der Waals surface area (Å²) in [6.07, 6.45) is 1.57. The van der Waals surface area contributed by atoms with Crippen LogP contribution in [0.25, 0.3) is 11.0 Å². The predicted molar refractivity (Wildman–Crippen MR) is 67.9 cm³/mol. The predicted octanol–water partition coefficient (Wildman–Crippen LogP) is 3.05. The molecule has 3 aromatic rings. The lowest BCUT2D eigenvalue weighted by Crippen LogP contribution is -2.07. The van der Waals surface area contributed by atoms with E-state index < -0.39 is 0 Å². The molecule has 0 saturated heterocycles. The third-order valence-corrected chi connectivity index (χ3v) is 3.07. The Kier molecular flexibility index (Phi) is 2.45. The van der Waals surface area contributed by atoms with Gasteiger partial charge in [0.1, 0.15) is 5.69 Å². The second-order valence-electron chi connectivity index (χ2n) is 3.94. The van der Waals surface area contributed by atoms with Gasteiger partial charge in [0.05, 0.1) is 5.02 Å². The van der Waals surface area contributed by atoms with E-state index in [4.69, 9.17) is 16.0 Å². The van der Waals surface area contributed by atoms with E-state index in [1.54, 1.807) is 31.4 Å². The lowest BCUT2D eigenvalue weighted by Gasteiger charge is -1.97. The highest BCUT2D eigenvalue weighted by Crippen LogP contribution is 2.27. The summed E-state index contributed by atoms with van der Waals surface area (Å²) < 4.78 is 7.03. The number of aromatic nitrogens is 2. The molecule has 0 aliphatic carbocycles. The number of carbonyl (C=O) groups excluding carboxylic acids is 1. The second-order valence-corrected chi connectivity index (χ2v) is 4.35. The number of para-hydroxylation sites is 1. The maximum absolute atomic E-state index is 12.2. The number of nitrogens with zero attached hydrogens (tertiary/aromatic N) is 2. The number of ketones is 1. The van der Waals surface area contributed by atoms with Gasteiger partial charge in [-0.3, -0.25) is 9.48 Å². The van der Waals surface area contributed by atoms with Gasteiger partial charge in [0.2, 0.25) is 5.78 Å². The van der Waals surface area contributed by atoms with Gasteiger partial charge in [-0.25, -0.2) is 0 Å². The quantitative estimate of drug-likeness (QED) is 0.666. The number of hydrogen-bond acceptors (Lipinski definition) is 3. The summed E-state index contributed by atoms with van der Waals surface area (Å²) in [5.74, 6) is 0.0592. The highest BCUT2D eigenvalue weighted by atomic mass is 35.5. The molecule has 2 heterocycles. The van der Waals surface area contributed by atoms with Gasteiger partial charge in [0, 0.05) is 18.6 Å². The molecule has 3 rings (SSSR count). The number of halogens is 1. The molecular weight excluding hydrogens is 252 g/mol. The molecule has 0 aliphatic heterocycles. The smallest absolute Gasteiger partial charge is 0.246 e. The summed E-state index contributed by atoms with van der Waals surface area (Å²) in [5, 5.41) is 5.27. The highest BCUT2D eigenvalue weighted by molar-refractivity contribution is 6.35. The average molecular weight is 261 g/mol. The van der Waals surface area contributed by atoms with Crippen LogP contribution in [0.3, 0.4) is 0 Å². The van der Waals surface area contributed by atoms with E-state index in [0.29, 0.717) is 16.3 Å². The van der Waals surface area contributed by atoms with Crippen molar-refractivity contribution in [2.24, 2.45) is 7.05 Å². The number of benzene rings is 1. The van der Waals surface area contributed by atoms with Crippen LogP contribution in [0.5, 0.6) is 0 Å². The van der Waals surface area contributed by atoms with E-state index in [9.17, 15) is 4.79 Å². The minimum atomic E-state index is -0.206. The van der Waals surface area contributed by atoms with Gasteiger partial charge in [-0.2, -0.15) is 5.10 Å². The molecule has 4 nitrogen and oxygen atoms in total. The average Bonchev–Trinajstić information content (AvgIpc) is 2.95. The van der Waals surface area contributed by atoms with Crippen LogP contribution in [-0.2, 0) is 7.05 Å². The molecule has 18 heavy (non-hydrogen) atoms. The Morgan fingerprint density at radius 1 is 1.39 bits per heavy atom. The highest BCUT2D eigenvalue weighted by Gasteiger charge is 2.18. The molecule has 2 aromatic heterocycles. The van der Waals surface area contributed by atoms with Crippen LogP contribution in [-0.4, -0.2) is 15.6 Å². The minimum Gasteiger partial charge on any atom is -0.451 e. The van der Waals surface area contributed by atoms with Gasteiger partial charge in [-0.05, 0) is 18.2 Å². The molecule has 0 N–H and O–H groups in total. The van der Waals surface area contributed by atoms with E-state index in [-0.39, 0.29) is 11.5 Å². The van der Waals surface area contributed by atoms with Gasteiger partial charge in [-0.1, -0.05) is 23.7 Å². The zero-order chi connectivity index (χ0) is 12.7. The number of carbonyl (C=O) groups is 1. The van der Waals surface area contributed by atoms with Crippen molar-refractivity contribution in [3.8, 4) is 0 Å². The monoisotopic (exact) mass is 260 g/mol. The van der Waals surface area contributed by atoms with Crippen molar-refractivity contribution in [1.82, 2.24) is 9.78 Å². The lowest BCUT2D eigenvalue weighted by molar-refractivity contribution is 0.100. The fourth-order valence-electron chi connectivity index (χ4n) is 1.86. The van der Waals surface area contributed by atoms with Crippen molar-refractivity contribution in [2.45, 2.75) is 0 Å². The third kappa shape index (κ3) is 1.62. The van der Waals surface area contributed by atoms with E-state index in [1.807, 2.05) is 12.1 Å². The summed E-state index contributed by atoms with van der Waals surface area (Å²) >= 11 is 6.01. The number of hydrogen-bond donors (Lipinski definition) is 0. The van der Waals surface area contributed by atoms with E-state index in [2.05, 4.69) is 5.10 Å². The molecule has 0 unspecified atom stereocenters. The van der Waals surface area contributed by atoms with Crippen molar-refractivity contribution in [3.63, 3.8) is 0 Å². The Bertz CT molecular complexity index is 742. The maximum atomic E-state index is 12.2. The fraction of sp³-hybridized carbons (Fsp3) is 0.0769. The first kappa shape index (κ1) is 11.0. The topological polar surface area (TPSA) is 48.0 Å². The van der Waals surface area contributed by atoms with Crippen molar-refractivity contribution < 1.29 is 9.21 Å². The van der Waals surface area contributed by atoms with Crippen LogP contribution in [0, 0.1) is 0 Å². The summed E-state index contributed by atoms with van der Waals surface area (Å²) in [4.78, 5) is 12.2. The first-order chi connectivity index (χ1) is 8.66. The molecule has 0 radical (unpaired) electrons. The maximum Gasteiger partial charge on any atom is 0.246 e. The van der Waals surface area contributed by atoms with Gasteiger partial charge < -0.3 is 4.42 Å². The molecule has 0 fully saturated rings.